The van der Waals surface area contributed by atoms with Crippen LogP contribution in [0.15, 0.2) is 47.4 Å². The maximum Gasteiger partial charge on any atom is 0.255 e. The molecule has 0 heterocycles. The van der Waals surface area contributed by atoms with Crippen LogP contribution in [0.4, 0.5) is 5.69 Å². The van der Waals surface area contributed by atoms with Crippen LogP contribution in [0, 0.1) is 6.92 Å². The van der Waals surface area contributed by atoms with Crippen molar-refractivity contribution in [2.75, 3.05) is 5.32 Å². The zero-order valence-corrected chi connectivity index (χ0v) is 12.7. The van der Waals surface area contributed by atoms with E-state index in [1.54, 1.807) is 31.2 Å². The highest BCUT2D eigenvalue weighted by atomic mass is 35.5. The first kappa shape index (κ1) is 15.5. The van der Waals surface area contributed by atoms with E-state index in [0.717, 1.165) is 5.56 Å². The van der Waals surface area contributed by atoms with Crippen LogP contribution in [0.5, 0.6) is 0 Å². The minimum atomic E-state index is -3.81. The molecule has 0 bridgehead atoms. The highest BCUT2D eigenvalue weighted by molar-refractivity contribution is 7.89. The van der Waals surface area contributed by atoms with Crippen LogP contribution < -0.4 is 10.5 Å². The SMILES string of the molecule is Cc1cc(Cl)ccc1C(=O)Nc1cccc(S(N)(=O)=O)c1. The summed E-state index contributed by atoms with van der Waals surface area (Å²) in [6, 6.07) is 10.6. The molecule has 2 aromatic rings. The number of halogens is 1. The summed E-state index contributed by atoms with van der Waals surface area (Å²) in [5.74, 6) is -0.351. The summed E-state index contributed by atoms with van der Waals surface area (Å²) >= 11 is 5.84. The molecule has 0 saturated heterocycles. The Bertz CT molecular complexity index is 804. The molecule has 2 aromatic carbocycles. The number of hydrogen-bond donors (Lipinski definition) is 2. The monoisotopic (exact) mass is 324 g/mol. The molecule has 0 aliphatic heterocycles. The highest BCUT2D eigenvalue weighted by Crippen LogP contribution is 2.18. The van der Waals surface area contributed by atoms with Gasteiger partial charge in [-0.2, -0.15) is 0 Å². The summed E-state index contributed by atoms with van der Waals surface area (Å²) < 4.78 is 22.6. The molecular weight excluding hydrogens is 312 g/mol. The summed E-state index contributed by atoms with van der Waals surface area (Å²) in [5.41, 5.74) is 1.53. The quantitative estimate of drug-likeness (QED) is 0.909. The minimum absolute atomic E-state index is 0.0619. The number of rotatable bonds is 3. The van der Waals surface area contributed by atoms with Crippen molar-refractivity contribution in [1.82, 2.24) is 0 Å². The number of aryl methyl sites for hydroxylation is 1. The average molecular weight is 325 g/mol. The van der Waals surface area contributed by atoms with Crippen LogP contribution in [-0.2, 0) is 10.0 Å². The highest BCUT2D eigenvalue weighted by Gasteiger charge is 2.12. The lowest BCUT2D eigenvalue weighted by molar-refractivity contribution is 0.102. The summed E-state index contributed by atoms with van der Waals surface area (Å²) in [4.78, 5) is 12.1. The zero-order valence-electron chi connectivity index (χ0n) is 11.1. The molecule has 0 unspecified atom stereocenters. The molecule has 21 heavy (non-hydrogen) atoms. The lowest BCUT2D eigenvalue weighted by atomic mass is 10.1. The first-order valence-electron chi connectivity index (χ1n) is 5.98. The molecule has 3 N–H and O–H groups in total. The van der Waals surface area contributed by atoms with Gasteiger partial charge >= 0.3 is 0 Å². The number of nitrogens with one attached hydrogen (secondary N) is 1. The van der Waals surface area contributed by atoms with Crippen LogP contribution in [0.2, 0.25) is 5.02 Å². The Morgan fingerprint density at radius 1 is 1.19 bits per heavy atom. The molecule has 0 atom stereocenters. The number of hydrogen-bond acceptors (Lipinski definition) is 3. The van der Waals surface area contributed by atoms with Gasteiger partial charge in [-0.05, 0) is 48.9 Å². The molecule has 2 rings (SSSR count). The van der Waals surface area contributed by atoms with Crippen molar-refractivity contribution in [3.8, 4) is 0 Å². The first-order valence-corrected chi connectivity index (χ1v) is 7.90. The molecule has 0 spiro atoms. The lowest BCUT2D eigenvalue weighted by Gasteiger charge is -2.09. The van der Waals surface area contributed by atoms with Crippen LogP contribution in [0.1, 0.15) is 15.9 Å². The van der Waals surface area contributed by atoms with Gasteiger partial charge < -0.3 is 5.32 Å². The third kappa shape index (κ3) is 3.81. The van der Waals surface area contributed by atoms with Gasteiger partial charge in [0, 0.05) is 16.3 Å². The second-order valence-corrected chi connectivity index (χ2v) is 6.48. The van der Waals surface area contributed by atoms with Gasteiger partial charge in [-0.1, -0.05) is 17.7 Å². The Labute approximate surface area is 127 Å². The number of amides is 1. The zero-order chi connectivity index (χ0) is 15.6. The van der Waals surface area contributed by atoms with E-state index in [2.05, 4.69) is 5.32 Å². The Morgan fingerprint density at radius 2 is 1.90 bits per heavy atom. The van der Waals surface area contributed by atoms with Crippen LogP contribution in [0.25, 0.3) is 0 Å². The number of benzene rings is 2. The second-order valence-electron chi connectivity index (χ2n) is 4.49. The second kappa shape index (κ2) is 5.85. The predicted molar refractivity (Wildman–Crippen MR) is 82.0 cm³/mol. The van der Waals surface area contributed by atoms with Gasteiger partial charge in [0.25, 0.3) is 5.91 Å². The van der Waals surface area contributed by atoms with Crippen molar-refractivity contribution >= 4 is 33.2 Å². The van der Waals surface area contributed by atoms with Gasteiger partial charge in [-0.25, -0.2) is 13.6 Å². The number of sulfonamides is 1. The normalized spacial score (nSPS) is 11.2. The molecule has 7 heteroatoms. The number of primary sulfonamides is 1. The van der Waals surface area contributed by atoms with Gasteiger partial charge in [0.1, 0.15) is 0 Å². The van der Waals surface area contributed by atoms with E-state index in [-0.39, 0.29) is 10.8 Å². The van der Waals surface area contributed by atoms with E-state index < -0.39 is 10.0 Å². The molecule has 1 amide bonds. The fourth-order valence-electron chi connectivity index (χ4n) is 1.83. The topological polar surface area (TPSA) is 89.3 Å². The number of carbonyl (C=O) groups excluding carboxylic acids is 1. The van der Waals surface area contributed by atoms with Crippen molar-refractivity contribution in [2.24, 2.45) is 5.14 Å². The summed E-state index contributed by atoms with van der Waals surface area (Å²) in [6.45, 7) is 1.77. The Kier molecular flexibility index (Phi) is 4.32. The van der Waals surface area contributed by atoms with Crippen LogP contribution >= 0.6 is 11.6 Å². The molecule has 110 valence electrons. The molecule has 0 aromatic heterocycles. The van der Waals surface area contributed by atoms with Crippen molar-refractivity contribution in [1.29, 1.82) is 0 Å². The molecular formula is C14H13ClN2O3S. The molecule has 0 saturated carbocycles. The average Bonchev–Trinajstić information content (AvgIpc) is 2.37. The molecule has 5 nitrogen and oxygen atoms in total. The minimum Gasteiger partial charge on any atom is -0.322 e. The predicted octanol–water partition coefficient (Wildman–Crippen LogP) is 2.55. The number of anilines is 1. The fourth-order valence-corrected chi connectivity index (χ4v) is 2.62. The van der Waals surface area contributed by atoms with E-state index in [1.165, 1.54) is 18.2 Å². The molecule has 0 aliphatic rings. The van der Waals surface area contributed by atoms with Crippen molar-refractivity contribution < 1.29 is 13.2 Å². The van der Waals surface area contributed by atoms with Crippen molar-refractivity contribution in [3.63, 3.8) is 0 Å². The molecule has 0 fully saturated rings. The van der Waals surface area contributed by atoms with Crippen molar-refractivity contribution in [2.45, 2.75) is 11.8 Å². The third-order valence-electron chi connectivity index (χ3n) is 2.85. The summed E-state index contributed by atoms with van der Waals surface area (Å²) in [5, 5.41) is 8.22. The van der Waals surface area contributed by atoms with Gasteiger partial charge in [0.15, 0.2) is 0 Å². The standard InChI is InChI=1S/C14H13ClN2O3S/c1-9-7-10(15)5-6-13(9)14(18)17-11-3-2-4-12(8-11)21(16,19)20/h2-8H,1H3,(H,17,18)(H2,16,19,20). The van der Waals surface area contributed by atoms with E-state index >= 15 is 0 Å². The van der Waals surface area contributed by atoms with Gasteiger partial charge in [-0.15, -0.1) is 0 Å². The number of carbonyl (C=O) groups is 1. The van der Waals surface area contributed by atoms with E-state index in [4.69, 9.17) is 16.7 Å². The Hall–Kier alpha value is -1.89. The third-order valence-corrected chi connectivity index (χ3v) is 4.00. The maximum absolute atomic E-state index is 12.2. The summed E-state index contributed by atoms with van der Waals surface area (Å²) in [6.07, 6.45) is 0. The Morgan fingerprint density at radius 3 is 2.52 bits per heavy atom. The maximum atomic E-state index is 12.2. The summed E-state index contributed by atoms with van der Waals surface area (Å²) in [7, 11) is -3.81. The van der Waals surface area contributed by atoms with E-state index in [1.807, 2.05) is 0 Å². The lowest BCUT2D eigenvalue weighted by Crippen LogP contribution is -2.15. The van der Waals surface area contributed by atoms with Crippen molar-refractivity contribution in [3.05, 3.63) is 58.6 Å². The van der Waals surface area contributed by atoms with Gasteiger partial charge in [0.05, 0.1) is 4.90 Å². The Balaban J connectivity index is 2.28. The van der Waals surface area contributed by atoms with Gasteiger partial charge in [-0.3, -0.25) is 4.79 Å². The first-order chi connectivity index (χ1) is 9.77. The van der Waals surface area contributed by atoms with Crippen LogP contribution in [-0.4, -0.2) is 14.3 Å². The smallest absolute Gasteiger partial charge is 0.255 e. The fraction of sp³-hybridized carbons (Fsp3) is 0.0714. The molecule has 0 radical (unpaired) electrons. The van der Waals surface area contributed by atoms with Gasteiger partial charge in [0.2, 0.25) is 10.0 Å². The number of nitrogens with two attached hydrogens (primary N) is 1. The van der Waals surface area contributed by atoms with E-state index in [9.17, 15) is 13.2 Å². The largest absolute Gasteiger partial charge is 0.322 e. The molecule has 0 aliphatic carbocycles. The van der Waals surface area contributed by atoms with Crippen LogP contribution in [0.3, 0.4) is 0 Å². The van der Waals surface area contributed by atoms with E-state index in [0.29, 0.717) is 16.3 Å².